The third kappa shape index (κ3) is 5.53. The smallest absolute Gasteiger partial charge is 0.273 e. The number of nitrogens with one attached hydrogen (secondary N) is 3. The maximum absolute atomic E-state index is 12.9. The van der Waals surface area contributed by atoms with Gasteiger partial charge in [0.15, 0.2) is 0 Å². The van der Waals surface area contributed by atoms with E-state index in [2.05, 4.69) is 15.4 Å². The molecule has 34 heavy (non-hydrogen) atoms. The van der Waals surface area contributed by atoms with Crippen LogP contribution in [-0.2, 0) is 14.8 Å². The molecule has 0 radical (unpaired) electrons. The summed E-state index contributed by atoms with van der Waals surface area (Å²) >= 11 is 0. The van der Waals surface area contributed by atoms with Crippen molar-refractivity contribution in [2.45, 2.75) is 56.4 Å². The summed E-state index contributed by atoms with van der Waals surface area (Å²) in [6.45, 7) is 3.81. The first-order valence-electron chi connectivity index (χ1n) is 11.1. The maximum Gasteiger partial charge on any atom is 0.273 e. The van der Waals surface area contributed by atoms with E-state index in [1.165, 1.54) is 43.3 Å². The second kappa shape index (κ2) is 10.2. The first kappa shape index (κ1) is 25.2. The predicted octanol–water partition coefficient (Wildman–Crippen LogP) is 3.27. The molecular weight excluding hydrogens is 460 g/mol. The second-order valence-electron chi connectivity index (χ2n) is 8.34. The van der Waals surface area contributed by atoms with Crippen LogP contribution in [0.15, 0.2) is 47.4 Å². The average Bonchev–Trinajstić information content (AvgIpc) is 2.80. The van der Waals surface area contributed by atoms with Crippen molar-refractivity contribution in [3.63, 3.8) is 0 Å². The minimum Gasteiger partial charge on any atom is -0.354 e. The summed E-state index contributed by atoms with van der Waals surface area (Å²) in [5, 5.41) is 16.8. The minimum atomic E-state index is -4.08. The van der Waals surface area contributed by atoms with Crippen molar-refractivity contribution in [1.82, 2.24) is 10.6 Å². The molecule has 3 N–H and O–H groups in total. The first-order valence-corrected chi connectivity index (χ1v) is 12.5. The van der Waals surface area contributed by atoms with Gasteiger partial charge in [0, 0.05) is 29.4 Å². The van der Waals surface area contributed by atoms with Gasteiger partial charge in [0.1, 0.15) is 5.54 Å². The van der Waals surface area contributed by atoms with E-state index in [0.29, 0.717) is 24.9 Å². The summed E-state index contributed by atoms with van der Waals surface area (Å²) < 4.78 is 27.7. The average molecular weight is 489 g/mol. The predicted molar refractivity (Wildman–Crippen MR) is 127 cm³/mol. The Labute approximate surface area is 198 Å². The van der Waals surface area contributed by atoms with Crippen LogP contribution >= 0.6 is 0 Å². The lowest BCUT2D eigenvalue weighted by molar-refractivity contribution is -0.385. The van der Waals surface area contributed by atoms with Gasteiger partial charge in [0.2, 0.25) is 5.91 Å². The molecule has 11 heteroatoms. The van der Waals surface area contributed by atoms with Gasteiger partial charge < -0.3 is 10.6 Å². The number of nitrogens with zero attached hydrogens (tertiary/aromatic N) is 1. The number of carbonyl (C=O) groups excluding carboxylic acids is 2. The van der Waals surface area contributed by atoms with Crippen LogP contribution in [0, 0.1) is 17.0 Å². The highest BCUT2D eigenvalue weighted by molar-refractivity contribution is 7.92. The number of rotatable bonds is 8. The Hall–Kier alpha value is -3.47. The standard InChI is InChI=1S/C23H28N4O6S/c1-3-24-22(29)23(13-5-4-6-14-23)25-21(28)17-8-10-18(11-9-17)26-34(32,33)19-12-7-16(2)20(15-19)27(30)31/h7-12,15,26H,3-6,13-14H2,1-2H3,(H,24,29)(H,25,28). The minimum absolute atomic E-state index is 0.191. The van der Waals surface area contributed by atoms with Crippen molar-refractivity contribution < 1.29 is 22.9 Å². The summed E-state index contributed by atoms with van der Waals surface area (Å²) in [6, 6.07) is 9.43. The molecular formula is C23H28N4O6S. The van der Waals surface area contributed by atoms with E-state index < -0.39 is 26.4 Å². The summed E-state index contributed by atoms with van der Waals surface area (Å²) in [5.74, 6) is -0.614. The molecule has 0 unspecified atom stereocenters. The number of hydrogen-bond acceptors (Lipinski definition) is 6. The molecule has 0 aromatic heterocycles. The molecule has 182 valence electrons. The van der Waals surface area contributed by atoms with Crippen LogP contribution in [-0.4, -0.2) is 37.2 Å². The van der Waals surface area contributed by atoms with E-state index in [9.17, 15) is 28.1 Å². The molecule has 0 heterocycles. The number of aryl methyl sites for hydroxylation is 1. The Kier molecular flexibility index (Phi) is 7.55. The van der Waals surface area contributed by atoms with Crippen molar-refractivity contribution in [2.24, 2.45) is 0 Å². The monoisotopic (exact) mass is 488 g/mol. The fourth-order valence-corrected chi connectivity index (χ4v) is 5.12. The molecule has 10 nitrogen and oxygen atoms in total. The number of sulfonamides is 1. The molecule has 0 aliphatic heterocycles. The molecule has 1 saturated carbocycles. The number of carbonyl (C=O) groups is 2. The Morgan fingerprint density at radius 2 is 1.71 bits per heavy atom. The lowest BCUT2D eigenvalue weighted by Crippen LogP contribution is -2.59. The number of amides is 2. The molecule has 0 atom stereocenters. The van der Waals surface area contributed by atoms with Crippen molar-refractivity contribution in [3.8, 4) is 0 Å². The van der Waals surface area contributed by atoms with Gasteiger partial charge in [0.25, 0.3) is 21.6 Å². The van der Waals surface area contributed by atoms with Gasteiger partial charge in [-0.05, 0) is 57.0 Å². The zero-order valence-corrected chi connectivity index (χ0v) is 19.9. The molecule has 3 rings (SSSR count). The van der Waals surface area contributed by atoms with E-state index in [-0.39, 0.29) is 27.7 Å². The van der Waals surface area contributed by atoms with Gasteiger partial charge in [-0.2, -0.15) is 0 Å². The van der Waals surface area contributed by atoms with Crippen molar-refractivity contribution in [2.75, 3.05) is 11.3 Å². The van der Waals surface area contributed by atoms with Gasteiger partial charge >= 0.3 is 0 Å². The summed E-state index contributed by atoms with van der Waals surface area (Å²) in [7, 11) is -4.08. The maximum atomic E-state index is 12.9. The molecule has 1 fully saturated rings. The van der Waals surface area contributed by atoms with E-state index in [1.54, 1.807) is 0 Å². The van der Waals surface area contributed by atoms with Crippen LogP contribution in [0.2, 0.25) is 0 Å². The highest BCUT2D eigenvalue weighted by Crippen LogP contribution is 2.29. The van der Waals surface area contributed by atoms with Gasteiger partial charge in [-0.25, -0.2) is 8.42 Å². The summed E-state index contributed by atoms with van der Waals surface area (Å²) in [6.07, 6.45) is 3.82. The molecule has 2 amide bonds. The molecule has 0 spiro atoms. The highest BCUT2D eigenvalue weighted by Gasteiger charge is 2.40. The Morgan fingerprint density at radius 3 is 2.29 bits per heavy atom. The van der Waals surface area contributed by atoms with Crippen LogP contribution in [0.4, 0.5) is 11.4 Å². The Bertz CT molecular complexity index is 1190. The van der Waals surface area contributed by atoms with Crippen molar-refractivity contribution in [3.05, 3.63) is 63.7 Å². The normalized spacial score (nSPS) is 15.2. The Morgan fingerprint density at radius 1 is 1.06 bits per heavy atom. The molecule has 2 aromatic carbocycles. The van der Waals surface area contributed by atoms with Crippen LogP contribution in [0.3, 0.4) is 0 Å². The fourth-order valence-electron chi connectivity index (χ4n) is 4.04. The SMILES string of the molecule is CCNC(=O)C1(NC(=O)c2ccc(NS(=O)(=O)c3ccc(C)c([N+](=O)[O-])c3)cc2)CCCCC1. The molecule has 0 bridgehead atoms. The number of benzene rings is 2. The van der Waals surface area contributed by atoms with Gasteiger partial charge in [-0.3, -0.25) is 24.4 Å². The van der Waals surface area contributed by atoms with Crippen LogP contribution in [0.5, 0.6) is 0 Å². The zero-order chi connectivity index (χ0) is 24.9. The number of anilines is 1. The van der Waals surface area contributed by atoms with E-state index in [0.717, 1.165) is 25.3 Å². The molecule has 0 saturated heterocycles. The van der Waals surface area contributed by atoms with E-state index in [4.69, 9.17) is 0 Å². The van der Waals surface area contributed by atoms with Gasteiger partial charge in [-0.15, -0.1) is 0 Å². The number of likely N-dealkylation sites (N-methyl/N-ethyl adjacent to an activating group) is 1. The second-order valence-corrected chi connectivity index (χ2v) is 10.0. The summed E-state index contributed by atoms with van der Waals surface area (Å²) in [4.78, 5) is 35.8. The third-order valence-corrected chi connectivity index (χ3v) is 7.30. The molecule has 1 aliphatic rings. The number of nitro groups is 1. The first-order chi connectivity index (χ1) is 16.1. The quantitative estimate of drug-likeness (QED) is 0.384. The lowest BCUT2D eigenvalue weighted by atomic mass is 9.80. The molecule has 2 aromatic rings. The highest BCUT2D eigenvalue weighted by atomic mass is 32.2. The fraction of sp³-hybridized carbons (Fsp3) is 0.391. The largest absolute Gasteiger partial charge is 0.354 e. The Balaban J connectivity index is 1.75. The van der Waals surface area contributed by atoms with Crippen LogP contribution in [0.1, 0.15) is 54.9 Å². The zero-order valence-electron chi connectivity index (χ0n) is 19.1. The van der Waals surface area contributed by atoms with Crippen LogP contribution in [0.25, 0.3) is 0 Å². The lowest BCUT2D eigenvalue weighted by Gasteiger charge is -2.36. The van der Waals surface area contributed by atoms with Crippen LogP contribution < -0.4 is 15.4 Å². The van der Waals surface area contributed by atoms with Crippen molar-refractivity contribution >= 4 is 33.2 Å². The van der Waals surface area contributed by atoms with Crippen molar-refractivity contribution in [1.29, 1.82) is 0 Å². The third-order valence-electron chi connectivity index (χ3n) is 5.92. The number of nitro benzene ring substituents is 1. The topological polar surface area (TPSA) is 148 Å². The molecule has 1 aliphatic carbocycles. The van der Waals surface area contributed by atoms with E-state index >= 15 is 0 Å². The van der Waals surface area contributed by atoms with E-state index in [1.807, 2.05) is 6.92 Å². The van der Waals surface area contributed by atoms with Gasteiger partial charge in [0.05, 0.1) is 9.82 Å². The summed E-state index contributed by atoms with van der Waals surface area (Å²) in [5.41, 5.74) is -0.424. The van der Waals surface area contributed by atoms with Gasteiger partial charge in [-0.1, -0.05) is 25.3 Å². The number of hydrogen-bond donors (Lipinski definition) is 3.